The van der Waals surface area contributed by atoms with E-state index >= 15 is 0 Å². The molecule has 6 N–H and O–H groups in total. The minimum absolute atomic E-state index is 0.330. The first-order valence-corrected chi connectivity index (χ1v) is 10.6. The van der Waals surface area contributed by atoms with Gasteiger partial charge in [-0.05, 0) is 45.1 Å². The third kappa shape index (κ3) is 6.64. The van der Waals surface area contributed by atoms with Crippen molar-refractivity contribution in [1.29, 1.82) is 0 Å². The van der Waals surface area contributed by atoms with Crippen molar-refractivity contribution in [2.45, 2.75) is 63.4 Å². The molecular formula is C17H30N4O6S. The van der Waals surface area contributed by atoms with Crippen molar-refractivity contribution in [2.75, 3.05) is 18.6 Å². The summed E-state index contributed by atoms with van der Waals surface area (Å²) in [5.74, 6) is -2.18. The van der Waals surface area contributed by atoms with Crippen LogP contribution in [0.15, 0.2) is 0 Å². The number of nitrogens with zero attached hydrogens (tertiary/aromatic N) is 1. The molecule has 10 nitrogen and oxygen atoms in total. The Morgan fingerprint density at radius 3 is 2.39 bits per heavy atom. The second kappa shape index (κ2) is 11.2. The van der Waals surface area contributed by atoms with E-state index in [0.29, 0.717) is 31.6 Å². The van der Waals surface area contributed by atoms with Gasteiger partial charge in [-0.3, -0.25) is 14.4 Å². The lowest BCUT2D eigenvalue weighted by atomic mass is 10.1. The van der Waals surface area contributed by atoms with Crippen LogP contribution in [-0.4, -0.2) is 87.6 Å². The van der Waals surface area contributed by atoms with Gasteiger partial charge in [-0.1, -0.05) is 0 Å². The molecule has 0 aliphatic carbocycles. The standard InChI is InChI=1S/C17H30N4O6S/c1-9(19-15(24)13(18)10(2)22)14(23)20-11(6-8-28-3)16(25)21-7-4-5-12(21)17(26)27/h9-13,22H,4-8,18H2,1-3H3,(H,19,24)(H,20,23)(H,26,27). The van der Waals surface area contributed by atoms with Gasteiger partial charge in [0.25, 0.3) is 0 Å². The second-order valence-corrected chi connectivity index (χ2v) is 7.85. The third-order valence-electron chi connectivity index (χ3n) is 4.62. The molecule has 3 amide bonds. The second-order valence-electron chi connectivity index (χ2n) is 6.87. The Kier molecular flexibility index (Phi) is 9.70. The lowest BCUT2D eigenvalue weighted by molar-refractivity contribution is -0.149. The maximum atomic E-state index is 12.8. The molecule has 1 fully saturated rings. The van der Waals surface area contributed by atoms with E-state index in [1.54, 1.807) is 0 Å². The highest BCUT2D eigenvalue weighted by atomic mass is 32.2. The number of aliphatic hydroxyl groups excluding tert-OH is 1. The first-order valence-electron chi connectivity index (χ1n) is 9.16. The zero-order chi connectivity index (χ0) is 21.4. The lowest BCUT2D eigenvalue weighted by Gasteiger charge is -2.28. The number of nitrogens with two attached hydrogens (primary N) is 1. The van der Waals surface area contributed by atoms with Gasteiger partial charge in [-0.2, -0.15) is 11.8 Å². The summed E-state index contributed by atoms with van der Waals surface area (Å²) in [6.07, 6.45) is 2.10. The molecule has 0 aromatic carbocycles. The lowest BCUT2D eigenvalue weighted by Crippen LogP contribution is -2.57. The van der Waals surface area contributed by atoms with Crippen molar-refractivity contribution in [3.05, 3.63) is 0 Å². The highest BCUT2D eigenvalue weighted by molar-refractivity contribution is 7.98. The molecule has 0 radical (unpaired) electrons. The van der Waals surface area contributed by atoms with Gasteiger partial charge in [0.05, 0.1) is 6.10 Å². The molecule has 1 saturated heterocycles. The summed E-state index contributed by atoms with van der Waals surface area (Å²) in [4.78, 5) is 49.8. The van der Waals surface area contributed by atoms with Crippen molar-refractivity contribution in [3.63, 3.8) is 0 Å². The molecule has 5 unspecified atom stereocenters. The number of nitrogens with one attached hydrogen (secondary N) is 2. The molecule has 160 valence electrons. The summed E-state index contributed by atoms with van der Waals surface area (Å²) in [6.45, 7) is 3.13. The van der Waals surface area contributed by atoms with Crippen molar-refractivity contribution >= 4 is 35.5 Å². The Bertz CT molecular complexity index is 588. The van der Waals surface area contributed by atoms with Crippen molar-refractivity contribution in [3.8, 4) is 0 Å². The average Bonchev–Trinajstić information content (AvgIpc) is 3.13. The molecule has 28 heavy (non-hydrogen) atoms. The van der Waals surface area contributed by atoms with E-state index in [4.69, 9.17) is 5.73 Å². The third-order valence-corrected chi connectivity index (χ3v) is 5.26. The number of amides is 3. The molecule has 5 atom stereocenters. The van der Waals surface area contributed by atoms with Gasteiger partial charge in [-0.15, -0.1) is 0 Å². The highest BCUT2D eigenvalue weighted by Gasteiger charge is 2.37. The van der Waals surface area contributed by atoms with Gasteiger partial charge in [0.1, 0.15) is 24.2 Å². The van der Waals surface area contributed by atoms with E-state index in [1.165, 1.54) is 30.5 Å². The van der Waals surface area contributed by atoms with Crippen LogP contribution >= 0.6 is 11.8 Å². The van der Waals surface area contributed by atoms with Crippen LogP contribution in [0.3, 0.4) is 0 Å². The van der Waals surface area contributed by atoms with Gasteiger partial charge >= 0.3 is 5.97 Å². The minimum atomic E-state index is -1.18. The fourth-order valence-electron chi connectivity index (χ4n) is 2.87. The molecule has 0 bridgehead atoms. The van der Waals surface area contributed by atoms with Crippen LogP contribution in [0, 0.1) is 0 Å². The molecule has 0 aromatic rings. The van der Waals surface area contributed by atoms with Crippen LogP contribution in [0.5, 0.6) is 0 Å². The van der Waals surface area contributed by atoms with E-state index in [1.807, 2.05) is 6.26 Å². The van der Waals surface area contributed by atoms with Gasteiger partial charge in [0.2, 0.25) is 17.7 Å². The van der Waals surface area contributed by atoms with Crippen LogP contribution in [0.2, 0.25) is 0 Å². The van der Waals surface area contributed by atoms with Gasteiger partial charge in [0.15, 0.2) is 0 Å². The molecule has 0 saturated carbocycles. The molecular weight excluding hydrogens is 388 g/mol. The monoisotopic (exact) mass is 418 g/mol. The summed E-state index contributed by atoms with van der Waals surface area (Å²) < 4.78 is 0. The average molecular weight is 419 g/mol. The Morgan fingerprint density at radius 2 is 1.86 bits per heavy atom. The van der Waals surface area contributed by atoms with Crippen molar-refractivity contribution in [2.24, 2.45) is 5.73 Å². The Hall–Kier alpha value is -1.85. The van der Waals surface area contributed by atoms with Crippen LogP contribution in [0.4, 0.5) is 0 Å². The Balaban J connectivity index is 2.79. The minimum Gasteiger partial charge on any atom is -0.480 e. The number of hydrogen-bond acceptors (Lipinski definition) is 7. The van der Waals surface area contributed by atoms with E-state index in [2.05, 4.69) is 10.6 Å². The number of carbonyl (C=O) groups is 4. The molecule has 1 aliphatic heterocycles. The fraction of sp³-hybridized carbons (Fsp3) is 0.765. The first kappa shape index (κ1) is 24.2. The topological polar surface area (TPSA) is 162 Å². The molecule has 1 heterocycles. The predicted octanol–water partition coefficient (Wildman–Crippen LogP) is -1.49. The summed E-state index contributed by atoms with van der Waals surface area (Å²) >= 11 is 1.50. The van der Waals surface area contributed by atoms with Crippen LogP contribution in [0.1, 0.15) is 33.1 Å². The van der Waals surface area contributed by atoms with Gasteiger partial charge in [0, 0.05) is 6.54 Å². The summed E-state index contributed by atoms with van der Waals surface area (Å²) in [5.41, 5.74) is 5.54. The van der Waals surface area contributed by atoms with Crippen LogP contribution in [-0.2, 0) is 19.2 Å². The molecule has 0 aromatic heterocycles. The quantitative estimate of drug-likeness (QED) is 0.287. The summed E-state index contributed by atoms with van der Waals surface area (Å²) in [7, 11) is 0. The first-order chi connectivity index (χ1) is 13.1. The van der Waals surface area contributed by atoms with E-state index in [-0.39, 0.29) is 0 Å². The smallest absolute Gasteiger partial charge is 0.326 e. The zero-order valence-electron chi connectivity index (χ0n) is 16.4. The molecule has 1 rings (SSSR count). The zero-order valence-corrected chi connectivity index (χ0v) is 17.2. The van der Waals surface area contributed by atoms with E-state index in [0.717, 1.165) is 0 Å². The number of likely N-dealkylation sites (tertiary alicyclic amines) is 1. The molecule has 1 aliphatic rings. The number of aliphatic hydroxyl groups is 1. The number of rotatable bonds is 10. The SMILES string of the molecule is CSCCC(NC(=O)C(C)NC(=O)C(N)C(C)O)C(=O)N1CCCC1C(=O)O. The number of aliphatic carboxylic acids is 1. The number of carbonyl (C=O) groups excluding carboxylic acids is 3. The highest BCUT2D eigenvalue weighted by Crippen LogP contribution is 2.19. The van der Waals surface area contributed by atoms with Crippen molar-refractivity contribution < 1.29 is 29.4 Å². The van der Waals surface area contributed by atoms with Gasteiger partial charge < -0.3 is 31.5 Å². The summed E-state index contributed by atoms with van der Waals surface area (Å²) in [5, 5.41) is 23.7. The van der Waals surface area contributed by atoms with Crippen LogP contribution in [0.25, 0.3) is 0 Å². The van der Waals surface area contributed by atoms with Crippen molar-refractivity contribution in [1.82, 2.24) is 15.5 Å². The van der Waals surface area contributed by atoms with Gasteiger partial charge in [-0.25, -0.2) is 4.79 Å². The number of hydrogen-bond donors (Lipinski definition) is 5. The normalized spacial score (nSPS) is 20.8. The number of carboxylic acids is 1. The summed E-state index contributed by atoms with van der Waals surface area (Å²) in [6, 6.07) is -3.92. The molecule has 0 spiro atoms. The largest absolute Gasteiger partial charge is 0.480 e. The maximum absolute atomic E-state index is 12.8. The van der Waals surface area contributed by atoms with E-state index < -0.39 is 54.0 Å². The molecule has 11 heteroatoms. The predicted molar refractivity (Wildman–Crippen MR) is 105 cm³/mol. The number of thioether (sulfide) groups is 1. The fourth-order valence-corrected chi connectivity index (χ4v) is 3.34. The van der Waals surface area contributed by atoms with E-state index in [9.17, 15) is 29.4 Å². The number of carboxylic acid groups (broad SMARTS) is 1. The Labute approximate surface area is 168 Å². The Morgan fingerprint density at radius 1 is 1.21 bits per heavy atom. The maximum Gasteiger partial charge on any atom is 0.326 e. The van der Waals surface area contributed by atoms with Crippen LogP contribution < -0.4 is 16.4 Å².